The molecular weight excluding hydrogens is 295 g/mol. The van der Waals surface area contributed by atoms with E-state index in [-0.39, 0.29) is 34.6 Å². The zero-order valence-electron chi connectivity index (χ0n) is 12.4. The van der Waals surface area contributed by atoms with Crippen LogP contribution in [0.25, 0.3) is 0 Å². The van der Waals surface area contributed by atoms with Crippen LogP contribution in [0, 0.1) is 11.2 Å². The molecule has 0 bridgehead atoms. The first-order valence-corrected chi connectivity index (χ1v) is 8.24. The SMILES string of the molecule is COC1CC(NS(=O)(=O)c2ccc(F)c(CN)c2)C1(C)C. The molecule has 118 valence electrons. The van der Waals surface area contributed by atoms with E-state index in [9.17, 15) is 12.8 Å². The summed E-state index contributed by atoms with van der Waals surface area (Å²) in [5.74, 6) is -0.500. The van der Waals surface area contributed by atoms with Crippen LogP contribution in [0.4, 0.5) is 4.39 Å². The normalized spacial score (nSPS) is 24.6. The molecule has 1 aliphatic rings. The Hall–Kier alpha value is -1.02. The minimum atomic E-state index is -3.70. The lowest BCUT2D eigenvalue weighted by Gasteiger charge is -2.50. The third-order valence-corrected chi connectivity index (χ3v) is 5.78. The fourth-order valence-electron chi connectivity index (χ4n) is 2.62. The average Bonchev–Trinajstić information content (AvgIpc) is 2.43. The summed E-state index contributed by atoms with van der Waals surface area (Å²) in [6, 6.07) is 3.44. The van der Waals surface area contributed by atoms with Crippen LogP contribution in [-0.4, -0.2) is 27.7 Å². The van der Waals surface area contributed by atoms with Gasteiger partial charge in [-0.05, 0) is 24.6 Å². The van der Waals surface area contributed by atoms with Gasteiger partial charge in [0.2, 0.25) is 10.0 Å². The van der Waals surface area contributed by atoms with Crippen molar-refractivity contribution < 1.29 is 17.5 Å². The summed E-state index contributed by atoms with van der Waals surface area (Å²) in [5, 5.41) is 0. The molecule has 21 heavy (non-hydrogen) atoms. The zero-order chi connectivity index (χ0) is 15.8. The van der Waals surface area contributed by atoms with Crippen molar-refractivity contribution in [3.63, 3.8) is 0 Å². The summed E-state index contributed by atoms with van der Waals surface area (Å²) in [4.78, 5) is 0.0287. The second kappa shape index (κ2) is 5.64. The van der Waals surface area contributed by atoms with Crippen LogP contribution in [0.15, 0.2) is 23.1 Å². The number of nitrogens with one attached hydrogen (secondary N) is 1. The average molecular weight is 316 g/mol. The number of methoxy groups -OCH3 is 1. The van der Waals surface area contributed by atoms with E-state index >= 15 is 0 Å². The van der Waals surface area contributed by atoms with Gasteiger partial charge in [0.1, 0.15) is 5.82 Å². The van der Waals surface area contributed by atoms with Crippen molar-refractivity contribution in [1.29, 1.82) is 0 Å². The van der Waals surface area contributed by atoms with E-state index in [0.717, 1.165) is 6.07 Å². The van der Waals surface area contributed by atoms with Gasteiger partial charge in [0.15, 0.2) is 0 Å². The van der Waals surface area contributed by atoms with E-state index in [2.05, 4.69) is 4.72 Å². The first-order valence-electron chi connectivity index (χ1n) is 6.76. The molecule has 2 unspecified atom stereocenters. The van der Waals surface area contributed by atoms with E-state index < -0.39 is 15.8 Å². The molecule has 1 fully saturated rings. The summed E-state index contributed by atoms with van der Waals surface area (Å²) in [6.45, 7) is 3.86. The fourth-order valence-corrected chi connectivity index (χ4v) is 4.07. The van der Waals surface area contributed by atoms with Crippen LogP contribution in [-0.2, 0) is 21.3 Å². The van der Waals surface area contributed by atoms with E-state index in [1.165, 1.54) is 12.1 Å². The Morgan fingerprint density at radius 1 is 1.48 bits per heavy atom. The molecule has 5 nitrogen and oxygen atoms in total. The predicted molar refractivity (Wildman–Crippen MR) is 77.6 cm³/mol. The van der Waals surface area contributed by atoms with Gasteiger partial charge in [-0.1, -0.05) is 13.8 Å². The molecule has 1 aromatic rings. The highest BCUT2D eigenvalue weighted by atomic mass is 32.2. The van der Waals surface area contributed by atoms with Crippen molar-refractivity contribution in [3.05, 3.63) is 29.6 Å². The van der Waals surface area contributed by atoms with Gasteiger partial charge in [-0.3, -0.25) is 0 Å². The van der Waals surface area contributed by atoms with Gasteiger partial charge in [-0.15, -0.1) is 0 Å². The van der Waals surface area contributed by atoms with Gasteiger partial charge in [0, 0.05) is 30.7 Å². The predicted octanol–water partition coefficient (Wildman–Crippen LogP) is 1.38. The first-order chi connectivity index (χ1) is 9.72. The molecule has 0 spiro atoms. The van der Waals surface area contributed by atoms with Crippen LogP contribution < -0.4 is 10.5 Å². The van der Waals surface area contributed by atoms with Crippen molar-refractivity contribution in [2.45, 2.75) is 43.9 Å². The highest BCUT2D eigenvalue weighted by Crippen LogP contribution is 2.43. The Balaban J connectivity index is 2.20. The molecule has 0 aliphatic heterocycles. The highest BCUT2D eigenvalue weighted by Gasteiger charge is 2.50. The fraction of sp³-hybridized carbons (Fsp3) is 0.571. The van der Waals surface area contributed by atoms with Crippen LogP contribution >= 0.6 is 0 Å². The standard InChI is InChI=1S/C14H21FN2O3S/c1-14(2)12(7-13(14)20-3)17-21(18,19)10-4-5-11(15)9(6-10)8-16/h4-6,12-13,17H,7-8,16H2,1-3H3. The highest BCUT2D eigenvalue weighted by molar-refractivity contribution is 7.89. The lowest BCUT2D eigenvalue weighted by atomic mass is 9.65. The van der Waals surface area contributed by atoms with Gasteiger partial charge < -0.3 is 10.5 Å². The van der Waals surface area contributed by atoms with Crippen LogP contribution in [0.1, 0.15) is 25.8 Å². The molecule has 0 saturated heterocycles. The number of nitrogens with two attached hydrogens (primary N) is 1. The molecule has 1 saturated carbocycles. The maximum absolute atomic E-state index is 13.4. The van der Waals surface area contributed by atoms with Crippen LogP contribution in [0.2, 0.25) is 0 Å². The molecule has 2 atom stereocenters. The van der Waals surface area contributed by atoms with Crippen molar-refractivity contribution >= 4 is 10.0 Å². The first kappa shape index (κ1) is 16.4. The second-order valence-electron chi connectivity index (χ2n) is 5.91. The van der Waals surface area contributed by atoms with Crippen LogP contribution in [0.3, 0.4) is 0 Å². The van der Waals surface area contributed by atoms with E-state index in [4.69, 9.17) is 10.5 Å². The van der Waals surface area contributed by atoms with Crippen LogP contribution in [0.5, 0.6) is 0 Å². The van der Waals surface area contributed by atoms with E-state index in [1.807, 2.05) is 13.8 Å². The minimum absolute atomic E-state index is 0.0259. The van der Waals surface area contributed by atoms with Crippen molar-refractivity contribution in [1.82, 2.24) is 4.72 Å². The second-order valence-corrected chi connectivity index (χ2v) is 7.63. The molecule has 2 rings (SSSR count). The molecule has 0 amide bonds. The topological polar surface area (TPSA) is 81.4 Å². The Morgan fingerprint density at radius 3 is 2.67 bits per heavy atom. The molecule has 0 aromatic heterocycles. The number of halogens is 1. The summed E-state index contributed by atoms with van der Waals surface area (Å²) < 4.78 is 46.1. The number of rotatable bonds is 5. The molecule has 1 aliphatic carbocycles. The molecule has 7 heteroatoms. The van der Waals surface area contributed by atoms with Gasteiger partial charge >= 0.3 is 0 Å². The zero-order valence-corrected chi connectivity index (χ0v) is 13.2. The molecule has 0 heterocycles. The number of ether oxygens (including phenoxy) is 1. The third kappa shape index (κ3) is 2.96. The van der Waals surface area contributed by atoms with Gasteiger partial charge in [-0.2, -0.15) is 0 Å². The Morgan fingerprint density at radius 2 is 2.14 bits per heavy atom. The lowest BCUT2D eigenvalue weighted by Crippen LogP contribution is -2.61. The van der Waals surface area contributed by atoms with E-state index in [0.29, 0.717) is 6.42 Å². The Kier molecular flexibility index (Phi) is 4.39. The Labute approximate surface area is 124 Å². The molecule has 0 radical (unpaired) electrons. The number of hydrogen-bond acceptors (Lipinski definition) is 4. The molecule has 3 N–H and O–H groups in total. The number of benzene rings is 1. The smallest absolute Gasteiger partial charge is 0.240 e. The molecular formula is C14H21FN2O3S. The van der Waals surface area contributed by atoms with Gasteiger partial charge in [0.25, 0.3) is 0 Å². The van der Waals surface area contributed by atoms with Crippen molar-refractivity contribution in [2.75, 3.05) is 7.11 Å². The summed E-state index contributed by atoms with van der Waals surface area (Å²) in [7, 11) is -2.08. The quantitative estimate of drug-likeness (QED) is 0.860. The van der Waals surface area contributed by atoms with Gasteiger partial charge in [-0.25, -0.2) is 17.5 Å². The van der Waals surface area contributed by atoms with Crippen molar-refractivity contribution in [2.24, 2.45) is 11.1 Å². The number of sulfonamides is 1. The largest absolute Gasteiger partial charge is 0.381 e. The summed E-state index contributed by atoms with van der Waals surface area (Å²) in [5.41, 5.74) is 5.31. The molecule has 1 aromatic carbocycles. The van der Waals surface area contributed by atoms with Crippen molar-refractivity contribution in [3.8, 4) is 0 Å². The lowest BCUT2D eigenvalue weighted by molar-refractivity contribution is -0.0908. The Bertz CT molecular complexity index is 631. The van der Waals surface area contributed by atoms with E-state index in [1.54, 1.807) is 7.11 Å². The summed E-state index contributed by atoms with van der Waals surface area (Å²) in [6.07, 6.45) is 0.645. The monoisotopic (exact) mass is 316 g/mol. The van der Waals surface area contributed by atoms with Gasteiger partial charge in [0.05, 0.1) is 11.0 Å². The summed E-state index contributed by atoms with van der Waals surface area (Å²) >= 11 is 0. The number of hydrogen-bond donors (Lipinski definition) is 2. The minimum Gasteiger partial charge on any atom is -0.381 e. The maximum Gasteiger partial charge on any atom is 0.240 e. The maximum atomic E-state index is 13.4. The third-order valence-electron chi connectivity index (χ3n) is 4.31.